The van der Waals surface area contributed by atoms with E-state index in [-0.39, 0.29) is 32.2 Å². The van der Waals surface area contributed by atoms with E-state index >= 15 is 0 Å². The summed E-state index contributed by atoms with van der Waals surface area (Å²) >= 11 is 0. The van der Waals surface area contributed by atoms with E-state index in [1.807, 2.05) is 21.1 Å². The first-order valence-electron chi connectivity index (χ1n) is 22.5. The van der Waals surface area contributed by atoms with Crippen molar-refractivity contribution in [2.75, 3.05) is 54.1 Å². The molecule has 0 amide bonds. The number of allylic oxidation sites excluding steroid dienone is 10. The van der Waals surface area contributed by atoms with Gasteiger partial charge in [-0.05, 0) is 77.0 Å². The van der Waals surface area contributed by atoms with Crippen LogP contribution in [0.25, 0.3) is 0 Å². The third kappa shape index (κ3) is 43.3. The molecule has 0 rings (SSSR count). The number of quaternary nitrogens is 1. The number of esters is 1. The van der Waals surface area contributed by atoms with Gasteiger partial charge in [0.25, 0.3) is 0 Å². The SMILES string of the molecule is CC/C=C\C/C=C\C/C=C\C/C=C\CCCCC(=O)OC(COCCCCCCCCCC/C=C\CCCCCCCCC)COP(=O)(O)OCC[N+](C)(C)C. The van der Waals surface area contributed by atoms with Crippen LogP contribution in [0.15, 0.2) is 60.8 Å². The Bertz CT molecular complexity index is 1080. The van der Waals surface area contributed by atoms with Crippen LogP contribution in [0, 0.1) is 0 Å². The van der Waals surface area contributed by atoms with E-state index in [1.54, 1.807) is 0 Å². The summed E-state index contributed by atoms with van der Waals surface area (Å²) in [5.74, 6) is -0.356. The third-order valence-electron chi connectivity index (χ3n) is 9.31. The molecule has 2 atom stereocenters. The van der Waals surface area contributed by atoms with Crippen molar-refractivity contribution >= 4 is 13.8 Å². The molecule has 56 heavy (non-hydrogen) atoms. The molecule has 0 aromatic rings. The van der Waals surface area contributed by atoms with E-state index in [0.717, 1.165) is 51.4 Å². The number of phosphoric acid groups is 1. The molecule has 0 saturated carbocycles. The van der Waals surface area contributed by atoms with Crippen molar-refractivity contribution in [1.29, 1.82) is 0 Å². The van der Waals surface area contributed by atoms with Gasteiger partial charge in [0.15, 0.2) is 0 Å². The Kier molecular flexibility index (Phi) is 38.7. The summed E-state index contributed by atoms with van der Waals surface area (Å²) in [6.45, 7) is 5.44. The molecule has 326 valence electrons. The van der Waals surface area contributed by atoms with Gasteiger partial charge in [0.1, 0.15) is 19.3 Å². The van der Waals surface area contributed by atoms with Crippen LogP contribution in [0.4, 0.5) is 0 Å². The average molecular weight is 809 g/mol. The lowest BCUT2D eigenvalue weighted by molar-refractivity contribution is -0.870. The molecule has 0 spiro atoms. The van der Waals surface area contributed by atoms with E-state index < -0.39 is 13.9 Å². The van der Waals surface area contributed by atoms with Gasteiger partial charge in [0, 0.05) is 13.0 Å². The average Bonchev–Trinajstić information content (AvgIpc) is 3.15. The number of ether oxygens (including phenoxy) is 2. The number of hydrogen-bond donors (Lipinski definition) is 1. The first-order valence-corrected chi connectivity index (χ1v) is 24.0. The molecule has 0 bridgehead atoms. The van der Waals surface area contributed by atoms with Crippen molar-refractivity contribution in [3.8, 4) is 0 Å². The van der Waals surface area contributed by atoms with Crippen LogP contribution in [-0.2, 0) is 27.9 Å². The Morgan fingerprint density at radius 3 is 1.57 bits per heavy atom. The molecule has 0 aliphatic rings. The fraction of sp³-hybridized carbons (Fsp3) is 0.766. The van der Waals surface area contributed by atoms with E-state index in [2.05, 4.69) is 74.6 Å². The molecular weight excluding hydrogens is 721 g/mol. The smallest absolute Gasteiger partial charge is 0.457 e. The quantitative estimate of drug-likeness (QED) is 0.0216. The number of carbonyl (C=O) groups excluding carboxylic acids is 1. The first kappa shape index (κ1) is 54.2. The molecule has 0 heterocycles. The summed E-state index contributed by atoms with van der Waals surface area (Å²) in [4.78, 5) is 22.9. The normalized spacial score (nSPS) is 14.3. The Balaban J connectivity index is 4.27. The van der Waals surface area contributed by atoms with Crippen LogP contribution >= 0.6 is 7.82 Å². The number of unbranched alkanes of at least 4 members (excludes halogenated alkanes) is 17. The summed E-state index contributed by atoms with van der Waals surface area (Å²) in [6, 6.07) is 0. The number of carbonyl (C=O) groups is 1. The van der Waals surface area contributed by atoms with E-state index in [1.165, 1.54) is 96.3 Å². The maximum absolute atomic E-state index is 12.7. The minimum atomic E-state index is -4.29. The number of rotatable bonds is 41. The summed E-state index contributed by atoms with van der Waals surface area (Å²) < 4.78 is 35.0. The largest absolute Gasteiger partial charge is 0.472 e. The zero-order valence-corrected chi connectivity index (χ0v) is 37.7. The molecule has 2 unspecified atom stereocenters. The molecule has 0 fully saturated rings. The molecule has 9 heteroatoms. The van der Waals surface area contributed by atoms with Gasteiger partial charge in [-0.3, -0.25) is 13.8 Å². The van der Waals surface area contributed by atoms with Crippen molar-refractivity contribution in [2.45, 2.75) is 180 Å². The van der Waals surface area contributed by atoms with Crippen molar-refractivity contribution in [2.24, 2.45) is 0 Å². The molecular formula is C47H87NO7P+. The van der Waals surface area contributed by atoms with Gasteiger partial charge >= 0.3 is 13.8 Å². The third-order valence-corrected chi connectivity index (χ3v) is 10.3. The Morgan fingerprint density at radius 1 is 0.571 bits per heavy atom. The van der Waals surface area contributed by atoms with E-state index in [4.69, 9.17) is 18.5 Å². The predicted octanol–water partition coefficient (Wildman–Crippen LogP) is 13.3. The zero-order chi connectivity index (χ0) is 41.3. The Labute approximate surface area is 345 Å². The van der Waals surface area contributed by atoms with Crippen LogP contribution in [0.3, 0.4) is 0 Å². The van der Waals surface area contributed by atoms with Crippen LogP contribution in [0.2, 0.25) is 0 Å². The summed E-state index contributed by atoms with van der Waals surface area (Å²) in [5.41, 5.74) is 0. The van der Waals surface area contributed by atoms with Gasteiger partial charge in [0.2, 0.25) is 0 Å². The standard InChI is InChI=1S/C47H86NO7P/c1-6-8-10-12-14-16-18-20-22-23-24-25-27-29-31-33-35-37-39-42-52-44-46(45-54-56(50,51)53-43-41-48(3,4)5)55-47(49)40-38-36-34-32-30-28-26-21-19-17-15-13-11-9-7-2/h9,11,15,17,21-23,26,30,32,46H,6-8,10,12-14,16,18-20,24-25,27-29,31,33-45H2,1-5H3/p+1/b11-9-,17-15-,23-22-,26-21-,32-30-. The van der Waals surface area contributed by atoms with Gasteiger partial charge in [-0.25, -0.2) is 4.57 Å². The van der Waals surface area contributed by atoms with Crippen molar-refractivity contribution in [3.05, 3.63) is 60.8 Å². The van der Waals surface area contributed by atoms with Gasteiger partial charge in [0.05, 0.1) is 34.4 Å². The number of likely N-dealkylation sites (N-methyl/N-ethyl adjacent to an activating group) is 1. The highest BCUT2D eigenvalue weighted by atomic mass is 31.2. The first-order chi connectivity index (χ1) is 27.1. The number of hydrogen-bond acceptors (Lipinski definition) is 6. The molecule has 0 aliphatic heterocycles. The summed E-state index contributed by atoms with van der Waals surface area (Å²) in [6.07, 6.45) is 49.8. The predicted molar refractivity (Wildman–Crippen MR) is 238 cm³/mol. The monoisotopic (exact) mass is 809 g/mol. The fourth-order valence-electron chi connectivity index (χ4n) is 5.83. The Morgan fingerprint density at radius 2 is 1.04 bits per heavy atom. The van der Waals surface area contributed by atoms with Crippen molar-refractivity contribution in [3.63, 3.8) is 0 Å². The molecule has 0 saturated heterocycles. The highest BCUT2D eigenvalue weighted by Crippen LogP contribution is 2.43. The second kappa shape index (κ2) is 40.0. The van der Waals surface area contributed by atoms with Gasteiger partial charge < -0.3 is 18.9 Å². The minimum Gasteiger partial charge on any atom is -0.457 e. The Hall–Kier alpha value is -1.80. The molecule has 1 N–H and O–H groups in total. The number of phosphoric ester groups is 1. The maximum atomic E-state index is 12.7. The molecule has 0 aliphatic carbocycles. The van der Waals surface area contributed by atoms with E-state index in [9.17, 15) is 14.3 Å². The lowest BCUT2D eigenvalue weighted by atomic mass is 10.1. The van der Waals surface area contributed by atoms with E-state index in [0.29, 0.717) is 24.1 Å². The highest BCUT2D eigenvalue weighted by Gasteiger charge is 2.26. The molecule has 8 nitrogen and oxygen atoms in total. The van der Waals surface area contributed by atoms with Crippen molar-refractivity contribution in [1.82, 2.24) is 0 Å². The molecule has 0 aromatic heterocycles. The highest BCUT2D eigenvalue weighted by molar-refractivity contribution is 7.47. The lowest BCUT2D eigenvalue weighted by Gasteiger charge is -2.24. The van der Waals surface area contributed by atoms with Gasteiger partial charge in [-0.2, -0.15) is 0 Å². The van der Waals surface area contributed by atoms with Gasteiger partial charge in [-0.15, -0.1) is 0 Å². The zero-order valence-electron chi connectivity index (χ0n) is 36.9. The van der Waals surface area contributed by atoms with Crippen LogP contribution in [0.5, 0.6) is 0 Å². The molecule has 0 radical (unpaired) electrons. The van der Waals surface area contributed by atoms with Crippen LogP contribution in [-0.4, -0.2) is 75.6 Å². The lowest BCUT2D eigenvalue weighted by Crippen LogP contribution is -2.37. The van der Waals surface area contributed by atoms with Crippen molar-refractivity contribution < 1.29 is 37.3 Å². The molecule has 0 aromatic carbocycles. The topological polar surface area (TPSA) is 91.3 Å². The van der Waals surface area contributed by atoms with Crippen LogP contribution < -0.4 is 0 Å². The number of nitrogens with zero attached hydrogens (tertiary/aromatic N) is 1. The second-order valence-electron chi connectivity index (χ2n) is 16.0. The maximum Gasteiger partial charge on any atom is 0.472 e. The minimum absolute atomic E-state index is 0.0776. The summed E-state index contributed by atoms with van der Waals surface area (Å²) in [5, 5.41) is 0. The van der Waals surface area contributed by atoms with Crippen LogP contribution in [0.1, 0.15) is 174 Å². The summed E-state index contributed by atoms with van der Waals surface area (Å²) in [7, 11) is 1.63. The second-order valence-corrected chi connectivity index (χ2v) is 17.5. The van der Waals surface area contributed by atoms with Gasteiger partial charge in [-0.1, -0.05) is 152 Å². The fourth-order valence-corrected chi connectivity index (χ4v) is 6.57.